The van der Waals surface area contributed by atoms with Crippen molar-refractivity contribution in [1.29, 1.82) is 0 Å². The third kappa shape index (κ3) is 6.61. The lowest BCUT2D eigenvalue weighted by molar-refractivity contribution is -0.329. The Morgan fingerprint density at radius 1 is 0.615 bits per heavy atom. The molecule has 0 amide bonds. The molecule has 4 aromatic carbocycles. The van der Waals surface area contributed by atoms with Crippen molar-refractivity contribution in [2.24, 2.45) is 0 Å². The Morgan fingerprint density at radius 3 is 1.77 bits per heavy atom. The number of benzene rings is 4. The summed E-state index contributed by atoms with van der Waals surface area (Å²) in [6, 6.07) is 40.7. The van der Waals surface area contributed by atoms with Gasteiger partial charge in [-0.05, 0) is 23.3 Å². The predicted octanol–water partition coefficient (Wildman–Crippen LogP) is 6.79. The van der Waals surface area contributed by atoms with Crippen molar-refractivity contribution in [1.82, 2.24) is 0 Å². The third-order valence-corrected chi connectivity index (χ3v) is 8.08. The van der Waals surface area contributed by atoms with E-state index in [-0.39, 0.29) is 29.9 Å². The Balaban J connectivity index is 1.30. The van der Waals surface area contributed by atoms with E-state index in [4.69, 9.17) is 23.7 Å². The summed E-state index contributed by atoms with van der Waals surface area (Å²) in [4.78, 5) is 1.11. The summed E-state index contributed by atoms with van der Waals surface area (Å²) in [5, 5.41) is 0. The zero-order valence-electron chi connectivity index (χ0n) is 21.6. The van der Waals surface area contributed by atoms with Crippen molar-refractivity contribution in [3.8, 4) is 0 Å². The molecule has 6 rings (SSSR count). The Hall–Kier alpha value is -2.97. The molecule has 2 fully saturated rings. The molecule has 0 spiro atoms. The van der Waals surface area contributed by atoms with Crippen LogP contribution in [0.25, 0.3) is 0 Å². The molecule has 39 heavy (non-hydrogen) atoms. The molecule has 0 saturated carbocycles. The number of ether oxygens (including phenoxy) is 5. The Morgan fingerprint density at radius 2 is 1.15 bits per heavy atom. The highest BCUT2D eigenvalue weighted by atomic mass is 32.2. The van der Waals surface area contributed by atoms with Crippen molar-refractivity contribution in [2.75, 3.05) is 6.61 Å². The van der Waals surface area contributed by atoms with Gasteiger partial charge in [0.2, 0.25) is 0 Å². The summed E-state index contributed by atoms with van der Waals surface area (Å²) >= 11 is 1.65. The standard InChI is InChI=1S/C33H32O5S/c1-5-13-24(14-6-1)21-34-30-29-28(23-36-32(38-29)26-17-9-3-10-18-26)37-33(39-27-19-11-4-12-20-27)31(30)35-22-25-15-7-2-8-16-25/h1-20,28-33H,21-23H2/t28?,29-,30?,31?,32?,33-/m1/s1. The average Bonchev–Trinajstić information content (AvgIpc) is 3.01. The van der Waals surface area contributed by atoms with Gasteiger partial charge in [-0.25, -0.2) is 0 Å². The lowest BCUT2D eigenvalue weighted by Crippen LogP contribution is -2.62. The second-order valence-electron chi connectivity index (χ2n) is 9.67. The lowest BCUT2D eigenvalue weighted by atomic mass is 9.98. The predicted molar refractivity (Wildman–Crippen MR) is 151 cm³/mol. The van der Waals surface area contributed by atoms with Gasteiger partial charge in [0.05, 0.1) is 19.8 Å². The average molecular weight is 541 g/mol. The zero-order valence-corrected chi connectivity index (χ0v) is 22.4. The number of fused-ring (bicyclic) bond motifs is 1. The molecule has 4 aromatic rings. The van der Waals surface area contributed by atoms with E-state index in [1.807, 2.05) is 84.9 Å². The summed E-state index contributed by atoms with van der Waals surface area (Å²) in [7, 11) is 0. The Bertz CT molecular complexity index is 1270. The van der Waals surface area contributed by atoms with Crippen LogP contribution in [-0.2, 0) is 36.9 Å². The molecule has 2 saturated heterocycles. The van der Waals surface area contributed by atoms with Crippen LogP contribution in [0.2, 0.25) is 0 Å². The van der Waals surface area contributed by atoms with Gasteiger partial charge in [-0.2, -0.15) is 0 Å². The normalized spacial score (nSPS) is 26.6. The largest absolute Gasteiger partial charge is 0.368 e. The maximum Gasteiger partial charge on any atom is 0.184 e. The van der Waals surface area contributed by atoms with E-state index >= 15 is 0 Å². The van der Waals surface area contributed by atoms with Crippen LogP contribution in [0.4, 0.5) is 0 Å². The monoisotopic (exact) mass is 540 g/mol. The topological polar surface area (TPSA) is 46.2 Å². The van der Waals surface area contributed by atoms with Crippen molar-refractivity contribution < 1.29 is 23.7 Å². The molecule has 0 N–H and O–H groups in total. The van der Waals surface area contributed by atoms with E-state index in [9.17, 15) is 0 Å². The summed E-state index contributed by atoms with van der Waals surface area (Å²) < 4.78 is 32.8. The molecular weight excluding hydrogens is 508 g/mol. The maximum absolute atomic E-state index is 6.69. The van der Waals surface area contributed by atoms with E-state index in [0.717, 1.165) is 21.6 Å². The van der Waals surface area contributed by atoms with Crippen LogP contribution in [0.15, 0.2) is 126 Å². The van der Waals surface area contributed by atoms with Gasteiger partial charge < -0.3 is 23.7 Å². The van der Waals surface area contributed by atoms with E-state index in [1.54, 1.807) is 11.8 Å². The molecule has 0 aliphatic carbocycles. The van der Waals surface area contributed by atoms with Crippen LogP contribution in [0.5, 0.6) is 0 Å². The molecule has 2 aliphatic heterocycles. The number of hydrogen-bond acceptors (Lipinski definition) is 6. The van der Waals surface area contributed by atoms with E-state index in [0.29, 0.717) is 19.8 Å². The Labute approximate surface area is 234 Å². The fourth-order valence-corrected chi connectivity index (χ4v) is 6.10. The lowest BCUT2D eigenvalue weighted by Gasteiger charge is -2.49. The van der Waals surface area contributed by atoms with Crippen LogP contribution in [0.3, 0.4) is 0 Å². The molecule has 2 aliphatic rings. The molecule has 4 unspecified atom stereocenters. The molecule has 5 nitrogen and oxygen atoms in total. The van der Waals surface area contributed by atoms with Gasteiger partial charge in [0.15, 0.2) is 6.29 Å². The summed E-state index contributed by atoms with van der Waals surface area (Å²) in [5.41, 5.74) is 2.86. The summed E-state index contributed by atoms with van der Waals surface area (Å²) in [6.07, 6.45) is -1.89. The van der Waals surface area contributed by atoms with E-state index < -0.39 is 6.29 Å². The van der Waals surface area contributed by atoms with Crippen molar-refractivity contribution in [3.63, 3.8) is 0 Å². The maximum atomic E-state index is 6.69. The van der Waals surface area contributed by atoms with Crippen LogP contribution >= 0.6 is 11.8 Å². The van der Waals surface area contributed by atoms with Crippen LogP contribution in [0.1, 0.15) is 23.0 Å². The molecule has 0 bridgehead atoms. The first kappa shape index (κ1) is 26.3. The van der Waals surface area contributed by atoms with Gasteiger partial charge in [-0.3, -0.25) is 0 Å². The minimum Gasteiger partial charge on any atom is -0.368 e. The number of rotatable bonds is 9. The minimum absolute atomic E-state index is 0.288. The fraction of sp³-hybridized carbons (Fsp3) is 0.273. The minimum atomic E-state index is -0.494. The quantitative estimate of drug-likeness (QED) is 0.233. The van der Waals surface area contributed by atoms with Crippen molar-refractivity contribution >= 4 is 11.8 Å². The molecule has 6 heteroatoms. The van der Waals surface area contributed by atoms with Gasteiger partial charge in [-0.15, -0.1) is 0 Å². The SMILES string of the molecule is c1ccc(COC2C(OCc3ccccc3)[C@@H](Sc3ccccc3)OC3COC(c4ccccc4)O[C@H]32)cc1. The molecule has 6 atom stereocenters. The van der Waals surface area contributed by atoms with Crippen LogP contribution in [-0.4, -0.2) is 36.5 Å². The second kappa shape index (κ2) is 12.9. The molecule has 2 heterocycles. The van der Waals surface area contributed by atoms with Crippen LogP contribution in [0, 0.1) is 0 Å². The zero-order chi connectivity index (χ0) is 26.3. The van der Waals surface area contributed by atoms with Gasteiger partial charge in [0.1, 0.15) is 29.9 Å². The van der Waals surface area contributed by atoms with Gasteiger partial charge >= 0.3 is 0 Å². The molecular formula is C33H32O5S. The van der Waals surface area contributed by atoms with Crippen molar-refractivity contribution in [2.45, 2.75) is 54.3 Å². The third-order valence-electron chi connectivity index (χ3n) is 6.92. The fourth-order valence-electron chi connectivity index (χ4n) is 4.95. The molecule has 200 valence electrons. The summed E-state index contributed by atoms with van der Waals surface area (Å²) in [6.45, 7) is 1.30. The number of hydrogen-bond donors (Lipinski definition) is 0. The first-order valence-corrected chi connectivity index (χ1v) is 14.2. The van der Waals surface area contributed by atoms with Gasteiger partial charge in [-0.1, -0.05) is 121 Å². The first-order valence-electron chi connectivity index (χ1n) is 13.3. The van der Waals surface area contributed by atoms with Crippen LogP contribution < -0.4 is 0 Å². The highest BCUT2D eigenvalue weighted by Gasteiger charge is 2.51. The molecule has 0 radical (unpaired) electrons. The van der Waals surface area contributed by atoms with E-state index in [1.165, 1.54) is 0 Å². The number of thioether (sulfide) groups is 1. The highest BCUT2D eigenvalue weighted by molar-refractivity contribution is 7.99. The Kier molecular flexibility index (Phi) is 8.70. The first-order chi connectivity index (χ1) is 19.3. The van der Waals surface area contributed by atoms with E-state index in [2.05, 4.69) is 36.4 Å². The highest BCUT2D eigenvalue weighted by Crippen LogP contribution is 2.41. The van der Waals surface area contributed by atoms with Crippen molar-refractivity contribution in [3.05, 3.63) is 138 Å². The summed E-state index contributed by atoms with van der Waals surface area (Å²) in [5.74, 6) is 0. The van der Waals surface area contributed by atoms with Gasteiger partial charge in [0.25, 0.3) is 0 Å². The smallest absolute Gasteiger partial charge is 0.184 e. The van der Waals surface area contributed by atoms with Gasteiger partial charge in [0, 0.05) is 10.5 Å². The second-order valence-corrected chi connectivity index (χ2v) is 10.8. The molecule has 0 aromatic heterocycles.